The molecule has 1 aliphatic heterocycles. The Morgan fingerprint density at radius 1 is 1.23 bits per heavy atom. The van der Waals surface area contributed by atoms with Gasteiger partial charge >= 0.3 is 0 Å². The van der Waals surface area contributed by atoms with Crippen molar-refractivity contribution in [3.8, 4) is 11.5 Å². The molecule has 22 heavy (non-hydrogen) atoms. The SMILES string of the molecule is O=C(NC1CC1)[C@@H]1CCCN1c1noc(-c2ccccc2)n1. The Labute approximate surface area is 128 Å². The largest absolute Gasteiger partial charge is 0.352 e. The van der Waals surface area contributed by atoms with Gasteiger partial charge in [0.1, 0.15) is 6.04 Å². The first kappa shape index (κ1) is 13.3. The van der Waals surface area contributed by atoms with Crippen LogP contribution in [-0.4, -0.2) is 34.7 Å². The van der Waals surface area contributed by atoms with Gasteiger partial charge in [-0.2, -0.15) is 4.98 Å². The van der Waals surface area contributed by atoms with E-state index in [1.54, 1.807) is 0 Å². The van der Waals surface area contributed by atoms with Gasteiger partial charge < -0.3 is 14.7 Å². The highest BCUT2D eigenvalue weighted by molar-refractivity contribution is 5.85. The van der Waals surface area contributed by atoms with E-state index >= 15 is 0 Å². The van der Waals surface area contributed by atoms with Gasteiger partial charge in [0.05, 0.1) is 0 Å². The van der Waals surface area contributed by atoms with Crippen LogP contribution in [0.2, 0.25) is 0 Å². The van der Waals surface area contributed by atoms with Crippen LogP contribution < -0.4 is 10.2 Å². The van der Waals surface area contributed by atoms with E-state index in [4.69, 9.17) is 4.52 Å². The lowest BCUT2D eigenvalue weighted by Crippen LogP contribution is -2.44. The number of benzene rings is 1. The maximum absolute atomic E-state index is 12.3. The monoisotopic (exact) mass is 298 g/mol. The molecule has 1 amide bonds. The molecule has 1 aromatic carbocycles. The molecule has 1 saturated heterocycles. The first-order chi connectivity index (χ1) is 10.8. The topological polar surface area (TPSA) is 71.3 Å². The molecule has 1 aromatic heterocycles. The van der Waals surface area contributed by atoms with Crippen LogP contribution in [-0.2, 0) is 4.79 Å². The molecule has 0 unspecified atom stereocenters. The van der Waals surface area contributed by atoms with E-state index in [0.29, 0.717) is 17.9 Å². The fraction of sp³-hybridized carbons (Fsp3) is 0.438. The molecule has 6 heteroatoms. The lowest BCUT2D eigenvalue weighted by Gasteiger charge is -2.21. The molecule has 2 aromatic rings. The van der Waals surface area contributed by atoms with Crippen molar-refractivity contribution in [1.29, 1.82) is 0 Å². The van der Waals surface area contributed by atoms with Crippen molar-refractivity contribution < 1.29 is 9.32 Å². The minimum absolute atomic E-state index is 0.0889. The van der Waals surface area contributed by atoms with E-state index in [0.717, 1.165) is 37.8 Å². The fourth-order valence-corrected chi connectivity index (χ4v) is 2.83. The molecule has 1 atom stereocenters. The number of hydrogen-bond acceptors (Lipinski definition) is 5. The molecule has 1 saturated carbocycles. The summed E-state index contributed by atoms with van der Waals surface area (Å²) in [6.45, 7) is 0.788. The molecule has 0 bridgehead atoms. The average molecular weight is 298 g/mol. The Morgan fingerprint density at radius 2 is 2.05 bits per heavy atom. The third-order valence-electron chi connectivity index (χ3n) is 4.17. The number of nitrogens with one attached hydrogen (secondary N) is 1. The molecule has 2 aliphatic rings. The van der Waals surface area contributed by atoms with Crippen LogP contribution in [0, 0.1) is 0 Å². The zero-order valence-corrected chi connectivity index (χ0v) is 12.2. The highest BCUT2D eigenvalue weighted by Crippen LogP contribution is 2.27. The van der Waals surface area contributed by atoms with Gasteiger partial charge in [0.15, 0.2) is 0 Å². The summed E-state index contributed by atoms with van der Waals surface area (Å²) in [5, 5.41) is 7.13. The molecular weight excluding hydrogens is 280 g/mol. The number of carbonyl (C=O) groups is 1. The lowest BCUT2D eigenvalue weighted by molar-refractivity contribution is -0.122. The number of aromatic nitrogens is 2. The minimum atomic E-state index is -0.179. The van der Waals surface area contributed by atoms with Crippen LogP contribution in [0.25, 0.3) is 11.5 Å². The van der Waals surface area contributed by atoms with Crippen molar-refractivity contribution in [3.05, 3.63) is 30.3 Å². The van der Waals surface area contributed by atoms with Crippen molar-refractivity contribution >= 4 is 11.9 Å². The van der Waals surface area contributed by atoms with Crippen LogP contribution in [0.5, 0.6) is 0 Å². The smallest absolute Gasteiger partial charge is 0.267 e. The van der Waals surface area contributed by atoms with Crippen molar-refractivity contribution in [2.45, 2.75) is 37.8 Å². The van der Waals surface area contributed by atoms with Crippen LogP contribution in [0.4, 0.5) is 5.95 Å². The third kappa shape index (κ3) is 2.56. The maximum atomic E-state index is 12.3. The van der Waals surface area contributed by atoms with Crippen LogP contribution >= 0.6 is 0 Å². The summed E-state index contributed by atoms with van der Waals surface area (Å²) in [5.41, 5.74) is 0.888. The third-order valence-corrected chi connectivity index (χ3v) is 4.17. The molecule has 0 spiro atoms. The van der Waals surface area contributed by atoms with Crippen molar-refractivity contribution in [1.82, 2.24) is 15.5 Å². The minimum Gasteiger partial charge on any atom is -0.352 e. The quantitative estimate of drug-likeness (QED) is 0.934. The second-order valence-corrected chi connectivity index (χ2v) is 5.90. The van der Waals surface area contributed by atoms with Gasteiger partial charge in [0, 0.05) is 18.2 Å². The number of rotatable bonds is 4. The lowest BCUT2D eigenvalue weighted by atomic mass is 10.2. The first-order valence-electron chi connectivity index (χ1n) is 7.77. The van der Waals surface area contributed by atoms with E-state index in [1.807, 2.05) is 35.2 Å². The van der Waals surface area contributed by atoms with Crippen LogP contribution in [0.3, 0.4) is 0 Å². The number of nitrogens with zero attached hydrogens (tertiary/aromatic N) is 3. The second kappa shape index (κ2) is 5.44. The summed E-state index contributed by atoms with van der Waals surface area (Å²) < 4.78 is 5.35. The molecule has 1 N–H and O–H groups in total. The zero-order chi connectivity index (χ0) is 14.9. The van der Waals surface area contributed by atoms with Gasteiger partial charge in [-0.15, -0.1) is 0 Å². The second-order valence-electron chi connectivity index (χ2n) is 5.90. The normalized spacial score (nSPS) is 21.1. The number of amides is 1. The van der Waals surface area contributed by atoms with Crippen LogP contribution in [0.1, 0.15) is 25.7 Å². The highest BCUT2D eigenvalue weighted by atomic mass is 16.5. The van der Waals surface area contributed by atoms with Gasteiger partial charge in [-0.1, -0.05) is 18.2 Å². The highest BCUT2D eigenvalue weighted by Gasteiger charge is 2.36. The fourth-order valence-electron chi connectivity index (χ4n) is 2.83. The Balaban J connectivity index is 1.53. The molecule has 4 rings (SSSR count). The number of anilines is 1. The number of carbonyl (C=O) groups excluding carboxylic acids is 1. The average Bonchev–Trinajstić information content (AvgIpc) is 3.06. The van der Waals surface area contributed by atoms with Gasteiger partial charge in [0.2, 0.25) is 5.91 Å². The van der Waals surface area contributed by atoms with Crippen molar-refractivity contribution in [2.75, 3.05) is 11.4 Å². The van der Waals surface area contributed by atoms with E-state index in [2.05, 4.69) is 15.5 Å². The summed E-state index contributed by atoms with van der Waals surface area (Å²) in [5.74, 6) is 1.09. The standard InChI is InChI=1S/C16H18N4O2/c21-14(17-12-8-9-12)13-7-4-10-20(13)16-18-15(22-19-16)11-5-2-1-3-6-11/h1-3,5-6,12-13H,4,7-10H2,(H,17,21)/t13-/m0/s1. The van der Waals surface area contributed by atoms with Gasteiger partial charge in [0.25, 0.3) is 11.8 Å². The first-order valence-corrected chi connectivity index (χ1v) is 7.77. The molecular formula is C16H18N4O2. The van der Waals surface area contributed by atoms with Crippen molar-refractivity contribution in [2.24, 2.45) is 0 Å². The summed E-state index contributed by atoms with van der Waals surface area (Å²) in [6.07, 6.45) is 4.00. The Kier molecular flexibility index (Phi) is 3.29. The van der Waals surface area contributed by atoms with Crippen LogP contribution in [0.15, 0.2) is 34.9 Å². The molecule has 2 fully saturated rings. The maximum Gasteiger partial charge on any atom is 0.267 e. The Bertz CT molecular complexity index is 666. The molecule has 2 heterocycles. The van der Waals surface area contributed by atoms with Crippen molar-refractivity contribution in [3.63, 3.8) is 0 Å². The summed E-state index contributed by atoms with van der Waals surface area (Å²) in [6, 6.07) is 9.86. The van der Waals surface area contributed by atoms with E-state index in [-0.39, 0.29) is 11.9 Å². The number of hydrogen-bond donors (Lipinski definition) is 1. The van der Waals surface area contributed by atoms with Gasteiger partial charge in [-0.25, -0.2) is 0 Å². The summed E-state index contributed by atoms with van der Waals surface area (Å²) >= 11 is 0. The molecule has 114 valence electrons. The Morgan fingerprint density at radius 3 is 2.82 bits per heavy atom. The van der Waals surface area contributed by atoms with Gasteiger partial charge in [-0.05, 0) is 43.0 Å². The summed E-state index contributed by atoms with van der Waals surface area (Å²) in [4.78, 5) is 18.7. The molecule has 0 radical (unpaired) electrons. The Hall–Kier alpha value is -2.37. The van der Waals surface area contributed by atoms with E-state index < -0.39 is 0 Å². The predicted molar refractivity (Wildman–Crippen MR) is 81.3 cm³/mol. The van der Waals surface area contributed by atoms with E-state index in [1.165, 1.54) is 0 Å². The van der Waals surface area contributed by atoms with Gasteiger partial charge in [-0.3, -0.25) is 4.79 Å². The van der Waals surface area contributed by atoms with E-state index in [9.17, 15) is 4.79 Å². The molecule has 1 aliphatic carbocycles. The molecule has 6 nitrogen and oxygen atoms in total. The predicted octanol–water partition coefficient (Wildman–Crippen LogP) is 1.98. The zero-order valence-electron chi connectivity index (χ0n) is 12.2. The summed E-state index contributed by atoms with van der Waals surface area (Å²) in [7, 11) is 0.